The summed E-state index contributed by atoms with van der Waals surface area (Å²) in [5.74, 6) is 1.63. The molecule has 0 bridgehead atoms. The SMILES string of the molecule is O=C1/C(=C/c2ccc(-c3ccc([N+](=O)[O-])cc3Cl)o2)CCC/C1=C\c1ccc(-c2ccc([N+](=O)[O-])cc2Cl)o1. The van der Waals surface area contributed by atoms with E-state index >= 15 is 0 Å². The third-order valence-corrected chi connectivity index (χ3v) is 6.85. The maximum Gasteiger partial charge on any atom is 0.270 e. The number of carbonyl (C=O) groups excluding carboxylic acids is 1. The largest absolute Gasteiger partial charge is 0.457 e. The number of ketones is 1. The number of Topliss-reactive ketones (excluding diaryl/α,β-unsaturated/α-hetero) is 1. The molecule has 0 spiro atoms. The second kappa shape index (κ2) is 10.7. The Morgan fingerprint density at radius 2 is 1.13 bits per heavy atom. The fraction of sp³-hybridized carbons (Fsp3) is 0.107. The van der Waals surface area contributed by atoms with Gasteiger partial charge in [-0.15, -0.1) is 0 Å². The minimum atomic E-state index is -0.526. The zero-order valence-electron chi connectivity index (χ0n) is 20.1. The lowest BCUT2D eigenvalue weighted by molar-refractivity contribution is -0.385. The Kier molecular flexibility index (Phi) is 7.19. The molecule has 196 valence electrons. The maximum atomic E-state index is 13.2. The van der Waals surface area contributed by atoms with E-state index in [9.17, 15) is 25.0 Å². The predicted octanol–water partition coefficient (Wildman–Crippen LogP) is 8.55. The van der Waals surface area contributed by atoms with Crippen LogP contribution in [0.25, 0.3) is 34.8 Å². The molecule has 5 rings (SSSR count). The summed E-state index contributed by atoms with van der Waals surface area (Å²) in [6.45, 7) is 0. The number of halogens is 2. The fourth-order valence-electron chi connectivity index (χ4n) is 4.31. The zero-order valence-corrected chi connectivity index (χ0v) is 21.6. The number of nitro benzene ring substituents is 2. The van der Waals surface area contributed by atoms with Gasteiger partial charge in [0, 0.05) is 46.5 Å². The summed E-state index contributed by atoms with van der Waals surface area (Å²) in [6, 6.07) is 15.0. The van der Waals surface area contributed by atoms with E-state index in [2.05, 4.69) is 0 Å². The molecule has 0 aliphatic heterocycles. The number of nitrogens with zero attached hydrogens (tertiary/aromatic N) is 2. The number of furan rings is 2. The predicted molar refractivity (Wildman–Crippen MR) is 146 cm³/mol. The van der Waals surface area contributed by atoms with Crippen molar-refractivity contribution in [3.63, 3.8) is 0 Å². The Labute approximate surface area is 231 Å². The van der Waals surface area contributed by atoms with Crippen molar-refractivity contribution in [2.45, 2.75) is 19.3 Å². The summed E-state index contributed by atoms with van der Waals surface area (Å²) in [5, 5.41) is 22.3. The van der Waals surface area contributed by atoms with Crippen molar-refractivity contribution in [1.82, 2.24) is 0 Å². The first-order chi connectivity index (χ1) is 18.7. The Morgan fingerprint density at radius 1 is 0.692 bits per heavy atom. The molecule has 1 saturated carbocycles. The van der Waals surface area contributed by atoms with E-state index in [1.54, 1.807) is 36.4 Å². The van der Waals surface area contributed by atoms with Gasteiger partial charge in [-0.2, -0.15) is 0 Å². The third-order valence-electron chi connectivity index (χ3n) is 6.22. The second-order valence-electron chi connectivity index (χ2n) is 8.77. The van der Waals surface area contributed by atoms with E-state index in [1.165, 1.54) is 36.4 Å². The lowest BCUT2D eigenvalue weighted by Crippen LogP contribution is -2.12. The summed E-state index contributed by atoms with van der Waals surface area (Å²) in [4.78, 5) is 34.1. The first-order valence-corrected chi connectivity index (χ1v) is 12.5. The third kappa shape index (κ3) is 5.55. The van der Waals surface area contributed by atoms with Crippen LogP contribution >= 0.6 is 23.2 Å². The molecule has 2 heterocycles. The van der Waals surface area contributed by atoms with Crippen LogP contribution in [0, 0.1) is 20.2 Å². The summed E-state index contributed by atoms with van der Waals surface area (Å²) < 4.78 is 11.7. The van der Waals surface area contributed by atoms with Crippen LogP contribution in [0.4, 0.5) is 11.4 Å². The lowest BCUT2D eigenvalue weighted by Gasteiger charge is -2.15. The van der Waals surface area contributed by atoms with Crippen LogP contribution in [0.15, 0.2) is 80.6 Å². The highest BCUT2D eigenvalue weighted by Gasteiger charge is 2.22. The molecule has 4 aromatic rings. The average Bonchev–Trinajstić information content (AvgIpc) is 3.56. The van der Waals surface area contributed by atoms with Crippen LogP contribution in [0.3, 0.4) is 0 Å². The highest BCUT2D eigenvalue weighted by molar-refractivity contribution is 6.33. The monoisotopic (exact) mass is 564 g/mol. The smallest absolute Gasteiger partial charge is 0.270 e. The zero-order chi connectivity index (χ0) is 27.7. The molecular weight excluding hydrogens is 547 g/mol. The van der Waals surface area contributed by atoms with E-state index < -0.39 is 9.85 Å². The average molecular weight is 565 g/mol. The van der Waals surface area contributed by atoms with Crippen molar-refractivity contribution in [3.8, 4) is 22.6 Å². The molecule has 2 aromatic heterocycles. The molecule has 0 amide bonds. The topological polar surface area (TPSA) is 130 Å². The molecule has 1 aliphatic carbocycles. The van der Waals surface area contributed by atoms with E-state index in [4.69, 9.17) is 32.0 Å². The Hall–Kier alpha value is -4.47. The minimum Gasteiger partial charge on any atom is -0.457 e. The van der Waals surface area contributed by atoms with Gasteiger partial charge in [0.25, 0.3) is 11.4 Å². The number of benzene rings is 2. The number of carbonyl (C=O) groups is 1. The molecule has 39 heavy (non-hydrogen) atoms. The van der Waals surface area contributed by atoms with Crippen molar-refractivity contribution >= 4 is 52.5 Å². The van der Waals surface area contributed by atoms with Crippen molar-refractivity contribution in [2.75, 3.05) is 0 Å². The van der Waals surface area contributed by atoms with Crippen LogP contribution in [0.1, 0.15) is 30.8 Å². The van der Waals surface area contributed by atoms with Gasteiger partial charge in [-0.3, -0.25) is 25.0 Å². The number of non-ortho nitro benzene ring substituents is 2. The number of allylic oxidation sites excluding steroid dienone is 2. The second-order valence-corrected chi connectivity index (χ2v) is 9.58. The van der Waals surface area contributed by atoms with Gasteiger partial charge in [0.15, 0.2) is 5.78 Å². The molecule has 0 N–H and O–H groups in total. The normalized spacial score (nSPS) is 15.7. The molecule has 1 fully saturated rings. The van der Waals surface area contributed by atoms with Gasteiger partial charge in [-0.25, -0.2) is 0 Å². The summed E-state index contributed by atoms with van der Waals surface area (Å²) >= 11 is 12.4. The first-order valence-electron chi connectivity index (χ1n) is 11.7. The van der Waals surface area contributed by atoms with Crippen molar-refractivity contribution in [1.29, 1.82) is 0 Å². The number of nitro groups is 2. The van der Waals surface area contributed by atoms with Gasteiger partial charge in [0.2, 0.25) is 0 Å². The van der Waals surface area contributed by atoms with Crippen LogP contribution in [0.5, 0.6) is 0 Å². The highest BCUT2D eigenvalue weighted by Crippen LogP contribution is 2.35. The Bertz CT molecular complexity index is 1580. The molecular formula is C28H18Cl2N2O7. The molecule has 0 unspecified atom stereocenters. The number of rotatable bonds is 6. The Balaban J connectivity index is 1.35. The van der Waals surface area contributed by atoms with Gasteiger partial charge in [-0.05, 0) is 67.8 Å². The van der Waals surface area contributed by atoms with Crippen LogP contribution < -0.4 is 0 Å². The molecule has 0 radical (unpaired) electrons. The highest BCUT2D eigenvalue weighted by atomic mass is 35.5. The number of hydrogen-bond acceptors (Lipinski definition) is 7. The van der Waals surface area contributed by atoms with Gasteiger partial charge < -0.3 is 8.83 Å². The van der Waals surface area contributed by atoms with Gasteiger partial charge >= 0.3 is 0 Å². The maximum absolute atomic E-state index is 13.2. The van der Waals surface area contributed by atoms with Crippen molar-refractivity contribution in [3.05, 3.63) is 114 Å². The summed E-state index contributed by atoms with van der Waals surface area (Å²) in [6.07, 6.45) is 5.27. The molecule has 0 atom stereocenters. The van der Waals surface area contributed by atoms with E-state index in [-0.39, 0.29) is 27.2 Å². The fourth-order valence-corrected chi connectivity index (χ4v) is 4.84. The van der Waals surface area contributed by atoms with Crippen LogP contribution in [-0.2, 0) is 4.79 Å². The quantitative estimate of drug-likeness (QED) is 0.130. The number of hydrogen-bond donors (Lipinski definition) is 0. The summed E-state index contributed by atoms with van der Waals surface area (Å²) in [5.41, 5.74) is 1.92. The summed E-state index contributed by atoms with van der Waals surface area (Å²) in [7, 11) is 0. The molecule has 1 aliphatic rings. The van der Waals surface area contributed by atoms with E-state index in [0.717, 1.165) is 6.42 Å². The standard InChI is InChI=1S/C28H18Cl2N2O7/c29-24-14-18(31(34)35)4-8-22(24)26-10-6-20(38-26)12-16-2-1-3-17(28(16)33)13-21-7-11-27(39-21)23-9-5-19(32(36)37)15-25(23)30/h4-15H,1-3H2/b16-12+,17-13+. The van der Waals surface area contributed by atoms with Gasteiger partial charge in [0.05, 0.1) is 19.9 Å². The van der Waals surface area contributed by atoms with Gasteiger partial charge in [-0.1, -0.05) is 23.2 Å². The minimum absolute atomic E-state index is 0.121. The Morgan fingerprint density at radius 3 is 1.51 bits per heavy atom. The first kappa shape index (κ1) is 26.1. The lowest BCUT2D eigenvalue weighted by atomic mass is 9.88. The molecule has 2 aromatic carbocycles. The van der Waals surface area contributed by atoms with Crippen molar-refractivity contribution in [2.24, 2.45) is 0 Å². The van der Waals surface area contributed by atoms with E-state index in [0.29, 0.717) is 58.2 Å². The molecule has 0 saturated heterocycles. The molecule has 9 nitrogen and oxygen atoms in total. The molecule has 11 heteroatoms. The van der Waals surface area contributed by atoms with Crippen molar-refractivity contribution < 1.29 is 23.5 Å². The van der Waals surface area contributed by atoms with E-state index in [1.807, 2.05) is 0 Å². The van der Waals surface area contributed by atoms with Crippen LogP contribution in [0.2, 0.25) is 10.0 Å². The van der Waals surface area contributed by atoms with Crippen LogP contribution in [-0.4, -0.2) is 15.6 Å². The van der Waals surface area contributed by atoms with Gasteiger partial charge in [0.1, 0.15) is 23.0 Å².